The van der Waals surface area contributed by atoms with Crippen LogP contribution in [0.3, 0.4) is 0 Å². The van der Waals surface area contributed by atoms with Crippen molar-refractivity contribution in [3.05, 3.63) is 76.4 Å². The monoisotopic (exact) mass is 427 g/mol. The van der Waals surface area contributed by atoms with Crippen molar-refractivity contribution in [3.8, 4) is 0 Å². The molecule has 0 aliphatic rings. The van der Waals surface area contributed by atoms with E-state index in [0.29, 0.717) is 9.60 Å². The van der Waals surface area contributed by atoms with E-state index in [1.54, 1.807) is 0 Å². The third-order valence-electron chi connectivity index (χ3n) is 4.25. The van der Waals surface area contributed by atoms with Gasteiger partial charge in [0.15, 0.2) is 0 Å². The third-order valence-corrected chi connectivity index (χ3v) is 7.74. The molecule has 0 saturated carbocycles. The minimum Gasteiger partial charge on any atom is -0.248 e. The number of hydrogen-bond donors (Lipinski definition) is 0. The molecule has 0 amide bonds. The van der Waals surface area contributed by atoms with Crippen molar-refractivity contribution in [2.75, 3.05) is 11.5 Å². The molecule has 4 heteroatoms. The number of benzene rings is 2. The summed E-state index contributed by atoms with van der Waals surface area (Å²) in [6.07, 6.45) is 6.65. The second-order valence-electron chi connectivity index (χ2n) is 6.65. The number of rotatable bonds is 9. The third kappa shape index (κ3) is 6.04. The minimum atomic E-state index is 0.509. The molecular weight excluding hydrogens is 402 g/mol. The number of nitrogens with zero attached hydrogens (tertiary/aromatic N) is 1. The van der Waals surface area contributed by atoms with Crippen molar-refractivity contribution < 1.29 is 0 Å². The van der Waals surface area contributed by atoms with E-state index in [1.807, 2.05) is 24.3 Å². The lowest BCUT2D eigenvalue weighted by Crippen LogP contribution is -1.93. The molecule has 0 aliphatic heterocycles. The number of halogens is 1. The smallest absolute Gasteiger partial charge is 0.0751 e. The minimum absolute atomic E-state index is 0.509. The Morgan fingerprint density at radius 3 is 2.43 bits per heavy atom. The molecule has 3 aromatic rings. The van der Waals surface area contributed by atoms with Crippen LogP contribution in [-0.4, -0.2) is 16.5 Å². The predicted molar refractivity (Wildman–Crippen MR) is 130 cm³/mol. The van der Waals surface area contributed by atoms with Gasteiger partial charge in [0.25, 0.3) is 0 Å². The summed E-state index contributed by atoms with van der Waals surface area (Å²) >= 11 is 10.2. The summed E-state index contributed by atoms with van der Waals surface area (Å²) in [6, 6.07) is 18.8. The summed E-state index contributed by atoms with van der Waals surface area (Å²) in [6.45, 7) is 4.49. The zero-order chi connectivity index (χ0) is 19.8. The second kappa shape index (κ2) is 10.9. The van der Waals surface area contributed by atoms with Gasteiger partial charge in [-0.1, -0.05) is 61.9 Å². The van der Waals surface area contributed by atoms with Crippen molar-refractivity contribution in [2.45, 2.75) is 31.3 Å². The van der Waals surface area contributed by atoms with Crippen molar-refractivity contribution in [3.63, 3.8) is 0 Å². The Bertz CT molecular complexity index is 931. The van der Waals surface area contributed by atoms with Crippen LogP contribution >= 0.6 is 35.1 Å². The number of aromatic nitrogens is 1. The van der Waals surface area contributed by atoms with Gasteiger partial charge in [0, 0.05) is 10.4 Å². The van der Waals surface area contributed by atoms with Gasteiger partial charge in [0.2, 0.25) is 0 Å². The van der Waals surface area contributed by atoms with Gasteiger partial charge in [-0.05, 0) is 65.8 Å². The zero-order valence-corrected chi connectivity index (χ0v) is 18.8. The van der Waals surface area contributed by atoms with Gasteiger partial charge >= 0.3 is 0 Å². The van der Waals surface area contributed by atoms with E-state index in [2.05, 4.69) is 79.9 Å². The quantitative estimate of drug-likeness (QED) is 0.318. The Hall–Kier alpha value is -1.42. The lowest BCUT2D eigenvalue weighted by Gasteiger charge is -2.16. The molecule has 1 nitrogen and oxygen atoms in total. The highest BCUT2D eigenvalue weighted by molar-refractivity contribution is 8.16. The molecule has 0 N–H and O–H groups in total. The van der Waals surface area contributed by atoms with Crippen LogP contribution in [0, 0.1) is 0 Å². The average molecular weight is 428 g/mol. The molecule has 0 radical (unpaired) electrons. The Kier molecular flexibility index (Phi) is 8.32. The summed E-state index contributed by atoms with van der Waals surface area (Å²) in [5.74, 6) is 2.40. The first kappa shape index (κ1) is 21.3. The molecule has 28 heavy (non-hydrogen) atoms. The van der Waals surface area contributed by atoms with Gasteiger partial charge in [-0.3, -0.25) is 0 Å². The number of hydrogen-bond acceptors (Lipinski definition) is 3. The van der Waals surface area contributed by atoms with Crippen LogP contribution in [0.5, 0.6) is 0 Å². The first-order valence-corrected chi connectivity index (χ1v) is 12.2. The normalized spacial score (nSPS) is 11.7. The van der Waals surface area contributed by atoms with Crippen LogP contribution in [0.2, 0.25) is 5.02 Å². The Morgan fingerprint density at radius 1 is 0.929 bits per heavy atom. The van der Waals surface area contributed by atoms with Gasteiger partial charge in [-0.15, -0.1) is 23.5 Å². The number of thioether (sulfide) groups is 2. The van der Waals surface area contributed by atoms with Crippen LogP contribution < -0.4 is 0 Å². The Morgan fingerprint density at radius 2 is 1.68 bits per heavy atom. The molecular formula is C24H26ClNS2. The highest BCUT2D eigenvalue weighted by atomic mass is 35.5. The highest BCUT2D eigenvalue weighted by Crippen LogP contribution is 2.40. The molecule has 1 heterocycles. The maximum atomic E-state index is 6.10. The first-order chi connectivity index (χ1) is 13.7. The van der Waals surface area contributed by atoms with Crippen LogP contribution in [0.4, 0.5) is 0 Å². The fourth-order valence-electron chi connectivity index (χ4n) is 2.88. The predicted octanol–water partition coefficient (Wildman–Crippen LogP) is 8.34. The maximum Gasteiger partial charge on any atom is 0.0751 e. The van der Waals surface area contributed by atoms with E-state index in [1.165, 1.54) is 35.5 Å². The Labute approximate surface area is 182 Å². The van der Waals surface area contributed by atoms with E-state index in [9.17, 15) is 0 Å². The summed E-state index contributed by atoms with van der Waals surface area (Å²) in [5, 5.41) is 1.82. The van der Waals surface area contributed by atoms with Crippen molar-refractivity contribution in [1.29, 1.82) is 0 Å². The van der Waals surface area contributed by atoms with Crippen LogP contribution in [-0.2, 0) is 0 Å². The molecule has 0 spiro atoms. The molecule has 0 fully saturated rings. The maximum absolute atomic E-state index is 6.10. The molecule has 146 valence electrons. The molecule has 0 bridgehead atoms. The summed E-state index contributed by atoms with van der Waals surface area (Å²) in [7, 11) is 0. The van der Waals surface area contributed by atoms with Gasteiger partial charge in [-0.25, -0.2) is 4.98 Å². The second-order valence-corrected chi connectivity index (χ2v) is 9.81. The van der Waals surface area contributed by atoms with Gasteiger partial charge < -0.3 is 0 Å². The molecule has 0 aliphatic carbocycles. The largest absolute Gasteiger partial charge is 0.248 e. The fourth-order valence-corrected chi connectivity index (χ4v) is 5.59. The van der Waals surface area contributed by atoms with Crippen molar-refractivity contribution in [2.24, 2.45) is 0 Å². The number of fused-ring (bicyclic) bond motifs is 1. The molecule has 0 atom stereocenters. The van der Waals surface area contributed by atoms with Crippen LogP contribution in [0.1, 0.15) is 48.1 Å². The van der Waals surface area contributed by atoms with Crippen molar-refractivity contribution in [1.82, 2.24) is 4.98 Å². The van der Waals surface area contributed by atoms with E-state index >= 15 is 0 Å². The van der Waals surface area contributed by atoms with Gasteiger partial charge in [0.1, 0.15) is 0 Å². The summed E-state index contributed by atoms with van der Waals surface area (Å²) in [5.41, 5.74) is 4.48. The number of pyridine rings is 1. The van der Waals surface area contributed by atoms with E-state index < -0.39 is 0 Å². The van der Waals surface area contributed by atoms with Gasteiger partial charge in [0.05, 0.1) is 15.8 Å². The fraction of sp³-hybridized carbons (Fsp3) is 0.292. The SMILES string of the molecule is CCCSC(SCCC)c1cccc(C=Cc2ccc3ccc(Cl)cc3n2)c1. The standard InChI is InChI=1S/C24H26ClNS2/c1-3-14-27-24(28-15-4-2)20-7-5-6-18(16-20)8-12-22-13-10-19-9-11-21(25)17-23(19)26-22/h5-13,16-17,24H,3-4,14-15H2,1-2H3. The molecule has 0 unspecified atom stereocenters. The molecule has 0 saturated heterocycles. The summed E-state index contributed by atoms with van der Waals surface area (Å²) < 4.78 is 0.509. The zero-order valence-electron chi connectivity index (χ0n) is 16.4. The molecule has 3 rings (SSSR count). The lowest BCUT2D eigenvalue weighted by molar-refractivity contribution is 1.09. The average Bonchev–Trinajstić information content (AvgIpc) is 2.72. The first-order valence-electron chi connectivity index (χ1n) is 9.77. The van der Waals surface area contributed by atoms with E-state index in [0.717, 1.165) is 16.6 Å². The highest BCUT2D eigenvalue weighted by Gasteiger charge is 2.12. The van der Waals surface area contributed by atoms with Crippen molar-refractivity contribution >= 4 is 58.2 Å². The van der Waals surface area contributed by atoms with E-state index in [4.69, 9.17) is 16.6 Å². The van der Waals surface area contributed by atoms with Gasteiger partial charge in [-0.2, -0.15) is 0 Å². The van der Waals surface area contributed by atoms with Crippen LogP contribution in [0.25, 0.3) is 23.1 Å². The van der Waals surface area contributed by atoms with E-state index in [-0.39, 0.29) is 0 Å². The Balaban J connectivity index is 1.79. The topological polar surface area (TPSA) is 12.9 Å². The lowest BCUT2D eigenvalue weighted by atomic mass is 10.1. The molecule has 1 aromatic heterocycles. The molecule has 2 aromatic carbocycles. The van der Waals surface area contributed by atoms with Crippen LogP contribution in [0.15, 0.2) is 54.6 Å². The summed E-state index contributed by atoms with van der Waals surface area (Å²) in [4.78, 5) is 4.71.